The van der Waals surface area contributed by atoms with Crippen LogP contribution in [-0.2, 0) is 0 Å². The topological polar surface area (TPSA) is 77.6 Å². The molecule has 0 saturated carbocycles. The van der Waals surface area contributed by atoms with Gasteiger partial charge in [-0.1, -0.05) is 0 Å². The van der Waals surface area contributed by atoms with Gasteiger partial charge in [0, 0.05) is 24.2 Å². The number of hydrogen-bond donors (Lipinski definition) is 1. The number of carbonyl (C=O) groups excluding carboxylic acids is 1. The van der Waals surface area contributed by atoms with Crippen LogP contribution in [0.5, 0.6) is 0 Å². The summed E-state index contributed by atoms with van der Waals surface area (Å²) in [4.78, 5) is 20.7. The van der Waals surface area contributed by atoms with E-state index in [1.54, 1.807) is 29.1 Å². The average molecular weight is 348 g/mol. The molecule has 0 aliphatic heterocycles. The second kappa shape index (κ2) is 6.60. The molecule has 1 aromatic carbocycles. The van der Waals surface area contributed by atoms with E-state index >= 15 is 0 Å². The van der Waals surface area contributed by atoms with Gasteiger partial charge in [0.05, 0.1) is 11.4 Å². The maximum Gasteiger partial charge on any atom is 0.255 e. The number of rotatable bonds is 4. The molecule has 1 N–H and O–H groups in total. The van der Waals surface area contributed by atoms with Gasteiger partial charge in [0.2, 0.25) is 0 Å². The third-order valence-corrected chi connectivity index (χ3v) is 3.75. The number of carbonyl (C=O) groups is 1. The lowest BCUT2D eigenvalue weighted by molar-refractivity contribution is 0.102. The van der Waals surface area contributed by atoms with Crippen LogP contribution in [0.15, 0.2) is 73.7 Å². The molecule has 3 heterocycles. The van der Waals surface area contributed by atoms with Crippen LogP contribution in [-0.4, -0.2) is 30.2 Å². The van der Waals surface area contributed by atoms with E-state index in [0.717, 1.165) is 0 Å². The number of nitrogens with one attached hydrogen (secondary N) is 1. The first-order chi connectivity index (χ1) is 12.7. The van der Waals surface area contributed by atoms with E-state index in [4.69, 9.17) is 0 Å². The highest BCUT2D eigenvalue weighted by molar-refractivity contribution is 6.05. The summed E-state index contributed by atoms with van der Waals surface area (Å²) in [7, 11) is 0. The Kier molecular flexibility index (Phi) is 3.98. The lowest BCUT2D eigenvalue weighted by Gasteiger charge is -2.12. The van der Waals surface area contributed by atoms with Gasteiger partial charge in [-0.15, -0.1) is 0 Å². The third-order valence-electron chi connectivity index (χ3n) is 3.75. The Labute approximate surface area is 147 Å². The number of amides is 1. The van der Waals surface area contributed by atoms with Crippen molar-refractivity contribution in [3.8, 4) is 11.5 Å². The molecule has 1 amide bonds. The van der Waals surface area contributed by atoms with Crippen molar-refractivity contribution in [3.05, 3.63) is 85.1 Å². The molecule has 0 saturated heterocycles. The van der Waals surface area contributed by atoms with Crippen molar-refractivity contribution >= 4 is 11.6 Å². The van der Waals surface area contributed by atoms with Crippen LogP contribution in [0.2, 0.25) is 0 Å². The fraction of sp³-hybridized carbons (Fsp3) is 0. The number of anilines is 1. The van der Waals surface area contributed by atoms with E-state index in [1.165, 1.54) is 41.7 Å². The minimum Gasteiger partial charge on any atom is -0.322 e. The van der Waals surface area contributed by atoms with Gasteiger partial charge in [0.25, 0.3) is 5.91 Å². The zero-order valence-corrected chi connectivity index (χ0v) is 13.5. The van der Waals surface area contributed by atoms with Crippen LogP contribution in [0.3, 0.4) is 0 Å². The van der Waals surface area contributed by atoms with Crippen molar-refractivity contribution in [1.82, 2.24) is 24.3 Å². The summed E-state index contributed by atoms with van der Waals surface area (Å²) in [6.45, 7) is 0. The van der Waals surface area contributed by atoms with Crippen molar-refractivity contribution in [3.63, 3.8) is 0 Å². The normalized spacial score (nSPS) is 10.7. The maximum atomic E-state index is 13.7. The molecule has 8 heteroatoms. The first-order valence-corrected chi connectivity index (χ1v) is 7.76. The smallest absolute Gasteiger partial charge is 0.255 e. The van der Waals surface area contributed by atoms with E-state index in [0.29, 0.717) is 22.8 Å². The predicted molar refractivity (Wildman–Crippen MR) is 92.8 cm³/mol. The molecule has 0 atom stereocenters. The molecule has 0 unspecified atom stereocenters. The second-order valence-electron chi connectivity index (χ2n) is 5.45. The largest absolute Gasteiger partial charge is 0.322 e. The zero-order valence-electron chi connectivity index (χ0n) is 13.5. The summed E-state index contributed by atoms with van der Waals surface area (Å²) in [5, 5.41) is 6.81. The predicted octanol–water partition coefficient (Wildman–Crippen LogP) is 2.84. The van der Waals surface area contributed by atoms with Crippen molar-refractivity contribution in [1.29, 1.82) is 0 Å². The first kappa shape index (κ1) is 15.7. The minimum atomic E-state index is -0.385. The fourth-order valence-electron chi connectivity index (χ4n) is 2.53. The number of benzene rings is 1. The molecule has 0 aliphatic rings. The fourth-order valence-corrected chi connectivity index (χ4v) is 2.53. The highest BCUT2D eigenvalue weighted by atomic mass is 19.1. The molecular weight excluding hydrogens is 335 g/mol. The molecule has 0 spiro atoms. The number of nitrogens with zero attached hydrogens (tertiary/aromatic N) is 5. The van der Waals surface area contributed by atoms with E-state index in [1.807, 2.05) is 12.1 Å². The minimum absolute atomic E-state index is 0.339. The average Bonchev–Trinajstić information content (AvgIpc) is 3.37. The molecule has 0 aliphatic carbocycles. The zero-order chi connectivity index (χ0) is 17.9. The Hall–Kier alpha value is -3.81. The molecule has 26 heavy (non-hydrogen) atoms. The second-order valence-corrected chi connectivity index (χ2v) is 5.45. The number of pyridine rings is 1. The van der Waals surface area contributed by atoms with Crippen molar-refractivity contribution in [2.75, 3.05) is 5.32 Å². The Bertz CT molecular complexity index is 1040. The molecule has 4 rings (SSSR count). The van der Waals surface area contributed by atoms with Crippen molar-refractivity contribution in [2.24, 2.45) is 0 Å². The van der Waals surface area contributed by atoms with Gasteiger partial charge >= 0.3 is 0 Å². The number of hydrogen-bond acceptors (Lipinski definition) is 4. The van der Waals surface area contributed by atoms with Gasteiger partial charge in [-0.3, -0.25) is 4.79 Å². The molecule has 128 valence electrons. The first-order valence-electron chi connectivity index (χ1n) is 7.76. The molecular formula is C18H13FN6O. The highest BCUT2D eigenvalue weighted by Gasteiger charge is 2.12. The molecule has 7 nitrogen and oxygen atoms in total. The van der Waals surface area contributed by atoms with Crippen LogP contribution < -0.4 is 5.32 Å². The van der Waals surface area contributed by atoms with Crippen LogP contribution in [0.25, 0.3) is 11.5 Å². The van der Waals surface area contributed by atoms with Crippen LogP contribution >= 0.6 is 0 Å². The van der Waals surface area contributed by atoms with Gasteiger partial charge in [-0.05, 0) is 42.5 Å². The Balaban J connectivity index is 1.64. The molecule has 0 radical (unpaired) electrons. The van der Waals surface area contributed by atoms with Gasteiger partial charge in [0.15, 0.2) is 5.82 Å². The molecule has 0 bridgehead atoms. The van der Waals surface area contributed by atoms with Crippen molar-refractivity contribution < 1.29 is 9.18 Å². The third kappa shape index (κ3) is 3.07. The van der Waals surface area contributed by atoms with Crippen LogP contribution in [0, 0.1) is 5.82 Å². The van der Waals surface area contributed by atoms with Crippen LogP contribution in [0.4, 0.5) is 10.1 Å². The standard InChI is InChI=1S/C18H13FN6O/c19-14-3-4-15(16(10-14)24-7-1-2-8-24)23-18(26)13-5-6-21-17(9-13)25-12-20-11-22-25/h1-12H,(H,23,26). The SMILES string of the molecule is O=C(Nc1ccc(F)cc1-n1cccc1)c1ccnc(-n2cncn2)c1. The van der Waals surface area contributed by atoms with Gasteiger partial charge < -0.3 is 9.88 Å². The maximum absolute atomic E-state index is 13.7. The Morgan fingerprint density at radius 2 is 1.96 bits per heavy atom. The quantitative estimate of drug-likeness (QED) is 0.615. The van der Waals surface area contributed by atoms with Gasteiger partial charge in [-0.2, -0.15) is 5.10 Å². The number of halogens is 1. The summed E-state index contributed by atoms with van der Waals surface area (Å²) in [5.74, 6) is -0.252. The lowest BCUT2D eigenvalue weighted by Crippen LogP contribution is -2.14. The van der Waals surface area contributed by atoms with E-state index < -0.39 is 0 Å². The summed E-state index contributed by atoms with van der Waals surface area (Å²) >= 11 is 0. The summed E-state index contributed by atoms with van der Waals surface area (Å²) in [6, 6.07) is 11.0. The number of aromatic nitrogens is 5. The summed E-state index contributed by atoms with van der Waals surface area (Å²) < 4.78 is 16.8. The molecule has 4 aromatic rings. The molecule has 0 fully saturated rings. The highest BCUT2D eigenvalue weighted by Crippen LogP contribution is 2.22. The van der Waals surface area contributed by atoms with E-state index in [2.05, 4.69) is 20.4 Å². The van der Waals surface area contributed by atoms with Crippen LogP contribution in [0.1, 0.15) is 10.4 Å². The molecule has 3 aromatic heterocycles. The monoisotopic (exact) mass is 348 g/mol. The summed E-state index contributed by atoms with van der Waals surface area (Å²) in [6.07, 6.45) is 7.95. The van der Waals surface area contributed by atoms with Gasteiger partial charge in [-0.25, -0.2) is 19.0 Å². The Morgan fingerprint density at radius 3 is 2.73 bits per heavy atom. The Morgan fingerprint density at radius 1 is 1.12 bits per heavy atom. The van der Waals surface area contributed by atoms with E-state index in [-0.39, 0.29) is 11.7 Å². The van der Waals surface area contributed by atoms with Crippen molar-refractivity contribution in [2.45, 2.75) is 0 Å². The van der Waals surface area contributed by atoms with Gasteiger partial charge in [0.1, 0.15) is 18.5 Å². The summed E-state index contributed by atoms with van der Waals surface area (Å²) in [5.41, 5.74) is 1.42. The van der Waals surface area contributed by atoms with E-state index in [9.17, 15) is 9.18 Å². The lowest BCUT2D eigenvalue weighted by atomic mass is 10.2.